The molecule has 0 amide bonds. The fraction of sp³-hybridized carbons (Fsp3) is 0.412. The lowest BCUT2D eigenvalue weighted by atomic mass is 10.2. The van der Waals surface area contributed by atoms with Crippen molar-refractivity contribution in [2.75, 3.05) is 29.1 Å². The second-order valence-corrected chi connectivity index (χ2v) is 9.48. The van der Waals surface area contributed by atoms with Crippen molar-refractivity contribution in [2.45, 2.75) is 24.9 Å². The van der Waals surface area contributed by atoms with E-state index in [0.717, 1.165) is 28.3 Å². The first kappa shape index (κ1) is 23.9. The number of thioether (sulfide) groups is 1. The zero-order valence-electron chi connectivity index (χ0n) is 15.4. The Morgan fingerprint density at radius 3 is 2.41 bits per heavy atom. The molecule has 1 heterocycles. The number of nitriles is 1. The lowest BCUT2D eigenvalue weighted by Crippen LogP contribution is -2.13. The van der Waals surface area contributed by atoms with Crippen molar-refractivity contribution in [2.24, 2.45) is 0 Å². The molecule has 29 heavy (non-hydrogen) atoms. The fourth-order valence-corrected chi connectivity index (χ4v) is 4.62. The molecule has 0 bridgehead atoms. The largest absolute Gasteiger partial charge is 0.416 e. The second-order valence-electron chi connectivity index (χ2n) is 5.59. The van der Waals surface area contributed by atoms with Crippen LogP contribution in [0.3, 0.4) is 0 Å². The molecule has 0 fully saturated rings. The molecule has 1 atom stereocenters. The van der Waals surface area contributed by atoms with E-state index in [0.29, 0.717) is 6.54 Å². The number of nitrogens with zero attached hydrogens (tertiary/aromatic N) is 3. The van der Waals surface area contributed by atoms with E-state index in [4.69, 9.17) is 23.2 Å². The van der Waals surface area contributed by atoms with Gasteiger partial charge in [0.15, 0.2) is 5.69 Å². The molecule has 1 N–H and O–H groups in total. The van der Waals surface area contributed by atoms with Crippen LogP contribution < -0.4 is 5.32 Å². The van der Waals surface area contributed by atoms with Gasteiger partial charge in [0.2, 0.25) is 0 Å². The van der Waals surface area contributed by atoms with Gasteiger partial charge in [0, 0.05) is 18.1 Å². The minimum atomic E-state index is -4.62. The number of hydrogen-bond donors (Lipinski definition) is 1. The highest BCUT2D eigenvalue weighted by molar-refractivity contribution is 7.99. The molecule has 0 aliphatic rings. The first-order valence-electron chi connectivity index (χ1n) is 8.45. The predicted octanol–water partition coefficient (Wildman–Crippen LogP) is 5.36. The number of alkyl halides is 3. The molecule has 0 spiro atoms. The van der Waals surface area contributed by atoms with E-state index in [-0.39, 0.29) is 37.9 Å². The van der Waals surface area contributed by atoms with Crippen molar-refractivity contribution >= 4 is 51.6 Å². The van der Waals surface area contributed by atoms with Gasteiger partial charge in [0.25, 0.3) is 0 Å². The number of rotatable bonds is 8. The summed E-state index contributed by atoms with van der Waals surface area (Å²) in [6.45, 7) is 4.14. The molecule has 0 radical (unpaired) electrons. The first-order valence-corrected chi connectivity index (χ1v) is 11.7. The van der Waals surface area contributed by atoms with E-state index in [1.807, 2.05) is 13.0 Å². The number of halogens is 5. The van der Waals surface area contributed by atoms with Crippen LogP contribution in [0.1, 0.15) is 25.1 Å². The normalized spacial score (nSPS) is 12.6. The zero-order chi connectivity index (χ0) is 21.8. The molecule has 2 aromatic rings. The summed E-state index contributed by atoms with van der Waals surface area (Å²) >= 11 is 13.9. The Labute approximate surface area is 183 Å². The highest BCUT2D eigenvalue weighted by Gasteiger charge is 2.33. The quantitative estimate of drug-likeness (QED) is 0.510. The molecule has 0 saturated carbocycles. The Hall–Kier alpha value is -1.41. The summed E-state index contributed by atoms with van der Waals surface area (Å²) in [5.74, 6) is 2.07. The van der Waals surface area contributed by atoms with E-state index < -0.39 is 22.5 Å². The fourth-order valence-electron chi connectivity index (χ4n) is 2.47. The Balaban J connectivity index is 2.67. The number of hydrogen-bond acceptors (Lipinski definition) is 5. The lowest BCUT2D eigenvalue weighted by molar-refractivity contribution is -0.137. The average molecular weight is 485 g/mol. The maximum absolute atomic E-state index is 13.0. The van der Waals surface area contributed by atoms with Crippen LogP contribution in [0.4, 0.5) is 19.0 Å². The van der Waals surface area contributed by atoms with Gasteiger partial charge in [-0.2, -0.15) is 35.3 Å². The molecule has 0 aliphatic carbocycles. The summed E-state index contributed by atoms with van der Waals surface area (Å²) in [4.78, 5) is 0.170. The van der Waals surface area contributed by atoms with Gasteiger partial charge in [-0.1, -0.05) is 37.0 Å². The number of anilines is 1. The summed E-state index contributed by atoms with van der Waals surface area (Å²) in [5, 5.41) is 16.1. The minimum Gasteiger partial charge on any atom is -0.368 e. The van der Waals surface area contributed by atoms with E-state index in [1.165, 1.54) is 0 Å². The van der Waals surface area contributed by atoms with E-state index in [2.05, 4.69) is 10.4 Å². The summed E-state index contributed by atoms with van der Waals surface area (Å²) in [6, 6.07) is 3.36. The van der Waals surface area contributed by atoms with Crippen LogP contribution in [-0.2, 0) is 17.0 Å². The number of aromatic nitrogens is 2. The van der Waals surface area contributed by atoms with Crippen LogP contribution in [0.5, 0.6) is 0 Å². The topological polar surface area (TPSA) is 70.7 Å². The molecule has 1 aromatic heterocycles. The third-order valence-corrected chi connectivity index (χ3v) is 6.58. The van der Waals surface area contributed by atoms with Gasteiger partial charge in [-0.3, -0.25) is 4.21 Å². The van der Waals surface area contributed by atoms with Gasteiger partial charge in [0.05, 0.1) is 26.4 Å². The standard InChI is InChI=1S/C17H17Cl2F3N4OS2/c1-3-28-6-5-24-16-15(29(27)4-2)13(9-23)25-26(16)14-11(18)7-10(8-12(14)19)17(20,21)22/h7-8,24H,3-6H2,1-2H3. The van der Waals surface area contributed by atoms with Gasteiger partial charge < -0.3 is 5.32 Å². The Morgan fingerprint density at radius 2 is 1.93 bits per heavy atom. The Kier molecular flexibility index (Phi) is 8.28. The molecule has 12 heteroatoms. The van der Waals surface area contributed by atoms with Gasteiger partial charge in [-0.05, 0) is 17.9 Å². The summed E-state index contributed by atoms with van der Waals surface area (Å²) in [7, 11) is -1.55. The molecular weight excluding hydrogens is 468 g/mol. The first-order chi connectivity index (χ1) is 13.6. The van der Waals surface area contributed by atoms with Crippen molar-refractivity contribution in [3.63, 3.8) is 0 Å². The summed E-state index contributed by atoms with van der Waals surface area (Å²) in [6.07, 6.45) is -4.62. The van der Waals surface area contributed by atoms with E-state index in [9.17, 15) is 22.6 Å². The summed E-state index contributed by atoms with van der Waals surface area (Å²) in [5.41, 5.74) is -1.14. The molecule has 5 nitrogen and oxygen atoms in total. The minimum absolute atomic E-state index is 0.0252. The average Bonchev–Trinajstić information content (AvgIpc) is 3.01. The number of benzene rings is 1. The van der Waals surface area contributed by atoms with Crippen molar-refractivity contribution in [1.29, 1.82) is 5.26 Å². The SMILES string of the molecule is CCSCCNc1c(S(=O)CC)c(C#N)nn1-c1c(Cl)cc(C(F)(F)F)cc1Cl. The van der Waals surface area contributed by atoms with Crippen molar-refractivity contribution in [3.05, 3.63) is 33.4 Å². The molecule has 0 aliphatic heterocycles. The third kappa shape index (κ3) is 5.40. The van der Waals surface area contributed by atoms with Crippen LogP contribution in [0.25, 0.3) is 5.69 Å². The summed E-state index contributed by atoms with van der Waals surface area (Å²) < 4.78 is 52.8. The smallest absolute Gasteiger partial charge is 0.368 e. The maximum atomic E-state index is 13.0. The molecule has 158 valence electrons. The van der Waals surface area contributed by atoms with Crippen LogP contribution in [0.2, 0.25) is 10.0 Å². The molecule has 1 aromatic carbocycles. The Morgan fingerprint density at radius 1 is 1.31 bits per heavy atom. The van der Waals surface area contributed by atoms with Gasteiger partial charge in [0.1, 0.15) is 22.5 Å². The second kappa shape index (κ2) is 10.1. The molecule has 2 rings (SSSR count). The van der Waals surface area contributed by atoms with Gasteiger partial charge in [-0.15, -0.1) is 0 Å². The molecular formula is C17H17Cl2F3N4OS2. The maximum Gasteiger partial charge on any atom is 0.416 e. The number of nitrogens with one attached hydrogen (secondary N) is 1. The predicted molar refractivity (Wildman–Crippen MR) is 112 cm³/mol. The molecule has 1 unspecified atom stereocenters. The van der Waals surface area contributed by atoms with Crippen LogP contribution >= 0.6 is 35.0 Å². The molecule has 0 saturated heterocycles. The van der Waals surface area contributed by atoms with Crippen LogP contribution in [0, 0.1) is 11.3 Å². The van der Waals surface area contributed by atoms with E-state index >= 15 is 0 Å². The Bertz CT molecular complexity index is 934. The zero-order valence-corrected chi connectivity index (χ0v) is 18.6. The third-order valence-electron chi connectivity index (χ3n) is 3.74. The highest BCUT2D eigenvalue weighted by atomic mass is 35.5. The van der Waals surface area contributed by atoms with E-state index in [1.54, 1.807) is 18.7 Å². The monoisotopic (exact) mass is 484 g/mol. The highest BCUT2D eigenvalue weighted by Crippen LogP contribution is 2.39. The van der Waals surface area contributed by atoms with Gasteiger partial charge in [-0.25, -0.2) is 4.68 Å². The lowest BCUT2D eigenvalue weighted by Gasteiger charge is -2.15. The van der Waals surface area contributed by atoms with Crippen molar-refractivity contribution in [1.82, 2.24) is 9.78 Å². The van der Waals surface area contributed by atoms with Crippen molar-refractivity contribution in [3.8, 4) is 11.8 Å². The van der Waals surface area contributed by atoms with Gasteiger partial charge >= 0.3 is 6.18 Å². The van der Waals surface area contributed by atoms with Crippen molar-refractivity contribution < 1.29 is 17.4 Å². The van der Waals surface area contributed by atoms with Crippen LogP contribution in [0.15, 0.2) is 17.0 Å². The van der Waals surface area contributed by atoms with Crippen LogP contribution in [-0.4, -0.2) is 37.8 Å².